The second-order valence-electron chi connectivity index (χ2n) is 5.61. The number of amides is 1. The van der Waals surface area contributed by atoms with Crippen molar-refractivity contribution >= 4 is 16.9 Å². The number of carbonyl (C=O) groups is 1. The first kappa shape index (κ1) is 15.3. The molecule has 0 fully saturated rings. The zero-order chi connectivity index (χ0) is 15.4. The summed E-state index contributed by atoms with van der Waals surface area (Å²) >= 11 is 0. The number of imidazole rings is 1. The van der Waals surface area contributed by atoms with E-state index in [0.717, 1.165) is 0 Å². The molecule has 1 aromatic heterocycles. The van der Waals surface area contributed by atoms with Crippen LogP contribution in [0.3, 0.4) is 0 Å². The highest BCUT2D eigenvalue weighted by Gasteiger charge is 2.15. The van der Waals surface area contributed by atoms with Crippen molar-refractivity contribution in [2.45, 2.75) is 32.9 Å². The van der Waals surface area contributed by atoms with Gasteiger partial charge < -0.3 is 15.4 Å². The summed E-state index contributed by atoms with van der Waals surface area (Å²) in [5.41, 5.74) is 1.09. The van der Waals surface area contributed by atoms with Crippen LogP contribution in [0.1, 0.15) is 20.3 Å². The Kier molecular flexibility index (Phi) is 4.80. The van der Waals surface area contributed by atoms with Crippen LogP contribution in [0.5, 0.6) is 0 Å². The van der Waals surface area contributed by atoms with Crippen LogP contribution in [-0.4, -0.2) is 33.2 Å². The van der Waals surface area contributed by atoms with E-state index in [1.165, 1.54) is 4.57 Å². The van der Waals surface area contributed by atoms with Crippen LogP contribution in [-0.2, 0) is 11.3 Å². The molecule has 0 radical (unpaired) electrons. The Morgan fingerprint density at radius 3 is 2.76 bits per heavy atom. The smallest absolute Gasteiger partial charge is 0.326 e. The maximum Gasteiger partial charge on any atom is 0.326 e. The van der Waals surface area contributed by atoms with Crippen LogP contribution in [0, 0.1) is 5.92 Å². The van der Waals surface area contributed by atoms with E-state index < -0.39 is 0 Å². The van der Waals surface area contributed by atoms with E-state index in [1.807, 2.05) is 26.0 Å². The molecule has 21 heavy (non-hydrogen) atoms. The van der Waals surface area contributed by atoms with Gasteiger partial charge in [-0.1, -0.05) is 26.0 Å². The summed E-state index contributed by atoms with van der Waals surface area (Å²) in [6.45, 7) is 3.89. The SMILES string of the molecule is CC(C)CC(CO)NC(=O)Cn1c(=O)[nH]c2ccccc21. The highest BCUT2D eigenvalue weighted by atomic mass is 16.3. The lowest BCUT2D eigenvalue weighted by molar-refractivity contribution is -0.122. The van der Waals surface area contributed by atoms with Gasteiger partial charge in [0.25, 0.3) is 0 Å². The summed E-state index contributed by atoms with van der Waals surface area (Å²) in [5, 5.41) is 12.1. The van der Waals surface area contributed by atoms with Gasteiger partial charge in [-0.25, -0.2) is 4.79 Å². The van der Waals surface area contributed by atoms with Crippen molar-refractivity contribution in [1.82, 2.24) is 14.9 Å². The number of H-pyrrole nitrogens is 1. The minimum absolute atomic E-state index is 0.0581. The summed E-state index contributed by atoms with van der Waals surface area (Å²) in [6.07, 6.45) is 0.699. The third-order valence-electron chi connectivity index (χ3n) is 3.32. The van der Waals surface area contributed by atoms with Gasteiger partial charge in [-0.05, 0) is 24.5 Å². The number of rotatable bonds is 6. The van der Waals surface area contributed by atoms with Crippen LogP contribution in [0.25, 0.3) is 11.0 Å². The zero-order valence-electron chi connectivity index (χ0n) is 12.3. The molecule has 1 heterocycles. The maximum absolute atomic E-state index is 12.1. The number of nitrogens with one attached hydrogen (secondary N) is 2. The Bertz CT molecular complexity index is 672. The summed E-state index contributed by atoms with van der Waals surface area (Å²) in [5.74, 6) is 0.0971. The normalized spacial score (nSPS) is 12.8. The van der Waals surface area contributed by atoms with Crippen molar-refractivity contribution < 1.29 is 9.90 Å². The van der Waals surface area contributed by atoms with Crippen LogP contribution in [0.2, 0.25) is 0 Å². The van der Waals surface area contributed by atoms with E-state index in [0.29, 0.717) is 23.4 Å². The summed E-state index contributed by atoms with van der Waals surface area (Å²) in [6, 6.07) is 6.95. The first-order chi connectivity index (χ1) is 10.0. The van der Waals surface area contributed by atoms with Gasteiger partial charge in [-0.2, -0.15) is 0 Å². The molecule has 1 aromatic carbocycles. The highest BCUT2D eigenvalue weighted by Crippen LogP contribution is 2.09. The lowest BCUT2D eigenvalue weighted by Gasteiger charge is -2.18. The van der Waals surface area contributed by atoms with E-state index in [2.05, 4.69) is 10.3 Å². The molecular formula is C15H21N3O3. The highest BCUT2D eigenvalue weighted by molar-refractivity contribution is 5.80. The molecule has 2 rings (SSSR count). The molecular weight excluding hydrogens is 270 g/mol. The molecule has 0 saturated carbocycles. The number of aliphatic hydroxyl groups excluding tert-OH is 1. The van der Waals surface area contributed by atoms with Gasteiger partial charge in [0.15, 0.2) is 0 Å². The van der Waals surface area contributed by atoms with Crippen molar-refractivity contribution in [1.29, 1.82) is 0 Å². The predicted molar refractivity (Wildman–Crippen MR) is 81.0 cm³/mol. The van der Waals surface area contributed by atoms with Crippen molar-refractivity contribution in [3.63, 3.8) is 0 Å². The molecule has 3 N–H and O–H groups in total. The van der Waals surface area contributed by atoms with Crippen LogP contribution in [0.15, 0.2) is 29.1 Å². The molecule has 1 atom stereocenters. The lowest BCUT2D eigenvalue weighted by Crippen LogP contribution is -2.41. The number of aromatic nitrogens is 2. The Morgan fingerprint density at radius 2 is 2.10 bits per heavy atom. The number of aromatic amines is 1. The molecule has 0 aliphatic carbocycles. The van der Waals surface area contributed by atoms with Crippen molar-refractivity contribution in [2.24, 2.45) is 5.92 Å². The fraction of sp³-hybridized carbons (Fsp3) is 0.467. The fourth-order valence-corrected chi connectivity index (χ4v) is 2.43. The molecule has 0 aliphatic rings. The third kappa shape index (κ3) is 3.72. The minimum Gasteiger partial charge on any atom is -0.394 e. The van der Waals surface area contributed by atoms with Gasteiger partial charge in [0.1, 0.15) is 6.54 Å². The number of nitrogens with zero attached hydrogens (tertiary/aromatic N) is 1. The van der Waals surface area contributed by atoms with Crippen LogP contribution < -0.4 is 11.0 Å². The quantitative estimate of drug-likeness (QED) is 0.737. The number of carbonyl (C=O) groups excluding carboxylic acids is 1. The molecule has 6 nitrogen and oxygen atoms in total. The molecule has 0 spiro atoms. The fourth-order valence-electron chi connectivity index (χ4n) is 2.43. The Labute approximate surface area is 122 Å². The number of benzene rings is 1. The lowest BCUT2D eigenvalue weighted by atomic mass is 10.0. The Balaban J connectivity index is 2.11. The first-order valence-corrected chi connectivity index (χ1v) is 7.09. The molecule has 6 heteroatoms. The Hall–Kier alpha value is -2.08. The number of aliphatic hydroxyl groups is 1. The predicted octanol–water partition coefficient (Wildman–Crippen LogP) is 0.853. The molecule has 1 amide bonds. The van der Waals surface area contributed by atoms with Crippen molar-refractivity contribution in [3.8, 4) is 0 Å². The average Bonchev–Trinajstić information content (AvgIpc) is 2.74. The Morgan fingerprint density at radius 1 is 1.38 bits per heavy atom. The van der Waals surface area contributed by atoms with Gasteiger partial charge in [0.2, 0.25) is 5.91 Å². The maximum atomic E-state index is 12.1. The minimum atomic E-state index is -0.309. The number of fused-ring (bicyclic) bond motifs is 1. The summed E-state index contributed by atoms with van der Waals surface area (Å²) in [7, 11) is 0. The second kappa shape index (κ2) is 6.58. The van der Waals surface area contributed by atoms with Gasteiger partial charge >= 0.3 is 5.69 Å². The topological polar surface area (TPSA) is 87.1 Å². The summed E-state index contributed by atoms with van der Waals surface area (Å²) < 4.78 is 1.40. The molecule has 0 bridgehead atoms. The van der Waals surface area contributed by atoms with E-state index in [9.17, 15) is 14.7 Å². The standard InChI is InChI=1S/C15H21N3O3/c1-10(2)7-11(9-19)16-14(20)8-18-13-6-4-3-5-12(13)17-15(18)21/h3-6,10-11,19H,7-9H2,1-2H3,(H,16,20)(H,17,21). The monoisotopic (exact) mass is 291 g/mol. The van der Waals surface area contributed by atoms with Crippen molar-refractivity contribution in [2.75, 3.05) is 6.61 Å². The van der Waals surface area contributed by atoms with E-state index in [4.69, 9.17) is 0 Å². The molecule has 1 unspecified atom stereocenters. The van der Waals surface area contributed by atoms with Gasteiger partial charge in [0.05, 0.1) is 23.7 Å². The van der Waals surface area contributed by atoms with Gasteiger partial charge in [-0.15, -0.1) is 0 Å². The zero-order valence-corrected chi connectivity index (χ0v) is 12.3. The summed E-state index contributed by atoms with van der Waals surface area (Å²) in [4.78, 5) is 26.7. The second-order valence-corrected chi connectivity index (χ2v) is 5.61. The molecule has 114 valence electrons. The molecule has 2 aromatic rings. The molecule has 0 saturated heterocycles. The van der Waals surface area contributed by atoms with Crippen LogP contribution >= 0.6 is 0 Å². The van der Waals surface area contributed by atoms with Gasteiger partial charge in [-0.3, -0.25) is 9.36 Å². The number of hydrogen-bond acceptors (Lipinski definition) is 3. The van der Waals surface area contributed by atoms with Gasteiger partial charge in [0, 0.05) is 0 Å². The van der Waals surface area contributed by atoms with E-state index in [1.54, 1.807) is 12.1 Å². The number of para-hydroxylation sites is 2. The van der Waals surface area contributed by atoms with Crippen LogP contribution in [0.4, 0.5) is 0 Å². The average molecular weight is 291 g/mol. The third-order valence-corrected chi connectivity index (χ3v) is 3.32. The molecule has 0 aliphatic heterocycles. The van der Waals surface area contributed by atoms with E-state index in [-0.39, 0.29) is 30.8 Å². The van der Waals surface area contributed by atoms with Crippen molar-refractivity contribution in [3.05, 3.63) is 34.7 Å². The first-order valence-electron chi connectivity index (χ1n) is 7.09. The van der Waals surface area contributed by atoms with E-state index >= 15 is 0 Å². The number of hydrogen-bond donors (Lipinski definition) is 3. The largest absolute Gasteiger partial charge is 0.394 e.